The number of aryl methyl sites for hydroxylation is 1. The van der Waals surface area contributed by atoms with Crippen LogP contribution in [-0.4, -0.2) is 34.4 Å². The molecule has 0 unspecified atom stereocenters. The molecule has 0 spiro atoms. The summed E-state index contributed by atoms with van der Waals surface area (Å²) in [7, 11) is -0.672. The predicted octanol–water partition coefficient (Wildman–Crippen LogP) is 3.62. The molecule has 3 aromatic rings. The van der Waals surface area contributed by atoms with Gasteiger partial charge in [-0.15, -0.1) is 0 Å². The Morgan fingerprint density at radius 2 is 1.75 bits per heavy atom. The third-order valence-electron chi connectivity index (χ3n) is 4.14. The van der Waals surface area contributed by atoms with E-state index in [4.69, 9.17) is 18.2 Å². The molecule has 0 bridgehead atoms. The van der Waals surface area contributed by atoms with Crippen LogP contribution in [0.2, 0.25) is 0 Å². The highest BCUT2D eigenvalue weighted by Crippen LogP contribution is 2.33. The van der Waals surface area contributed by atoms with Gasteiger partial charge in [0.1, 0.15) is 23.0 Å². The standard InChI is InChI=1S/C20H21NO6S/c1-14-4-7-17(8-5-14)28(22,23)26-11-10-16-12-19(21-27-16)18-9-6-15(24-2)13-20(18)25-3/h4-9,12-13H,10-11H2,1-3H3. The van der Waals surface area contributed by atoms with Crippen molar-refractivity contribution in [3.05, 3.63) is 59.9 Å². The fourth-order valence-electron chi connectivity index (χ4n) is 2.59. The van der Waals surface area contributed by atoms with Gasteiger partial charge in [-0.2, -0.15) is 8.42 Å². The maximum absolute atomic E-state index is 12.2. The first kappa shape index (κ1) is 19.9. The van der Waals surface area contributed by atoms with Gasteiger partial charge in [-0.3, -0.25) is 4.18 Å². The van der Waals surface area contributed by atoms with Gasteiger partial charge in [0.2, 0.25) is 0 Å². The molecule has 1 aromatic heterocycles. The van der Waals surface area contributed by atoms with Crippen molar-refractivity contribution in [2.75, 3.05) is 20.8 Å². The SMILES string of the molecule is COc1ccc(-c2cc(CCOS(=O)(=O)c3ccc(C)cc3)on2)c(OC)c1. The van der Waals surface area contributed by atoms with E-state index < -0.39 is 10.1 Å². The summed E-state index contributed by atoms with van der Waals surface area (Å²) < 4.78 is 45.4. The number of ether oxygens (including phenoxy) is 2. The molecule has 0 atom stereocenters. The Kier molecular flexibility index (Phi) is 6.01. The Balaban J connectivity index is 1.66. The summed E-state index contributed by atoms with van der Waals surface area (Å²) in [6.45, 7) is 1.83. The second-order valence-electron chi connectivity index (χ2n) is 6.08. The number of nitrogens with zero attached hydrogens (tertiary/aromatic N) is 1. The second kappa shape index (κ2) is 8.45. The first-order chi connectivity index (χ1) is 13.4. The summed E-state index contributed by atoms with van der Waals surface area (Å²) >= 11 is 0. The van der Waals surface area contributed by atoms with Crippen LogP contribution in [0.1, 0.15) is 11.3 Å². The van der Waals surface area contributed by atoms with Crippen molar-refractivity contribution in [3.63, 3.8) is 0 Å². The summed E-state index contributed by atoms with van der Waals surface area (Å²) in [5.41, 5.74) is 2.30. The molecule has 0 amide bonds. The summed E-state index contributed by atoms with van der Waals surface area (Å²) in [5, 5.41) is 4.03. The van der Waals surface area contributed by atoms with Gasteiger partial charge >= 0.3 is 0 Å². The Labute approximate surface area is 164 Å². The average molecular weight is 403 g/mol. The number of hydrogen-bond acceptors (Lipinski definition) is 7. The minimum atomic E-state index is -3.81. The molecule has 0 saturated carbocycles. The van der Waals surface area contributed by atoms with Crippen molar-refractivity contribution in [2.45, 2.75) is 18.2 Å². The molecular weight excluding hydrogens is 382 g/mol. The fourth-order valence-corrected chi connectivity index (χ4v) is 3.50. The van der Waals surface area contributed by atoms with E-state index >= 15 is 0 Å². The Bertz CT molecular complexity index is 1040. The van der Waals surface area contributed by atoms with E-state index in [2.05, 4.69) is 5.16 Å². The average Bonchev–Trinajstić information content (AvgIpc) is 3.16. The van der Waals surface area contributed by atoms with Crippen LogP contribution in [0.5, 0.6) is 11.5 Å². The third-order valence-corrected chi connectivity index (χ3v) is 5.47. The van der Waals surface area contributed by atoms with Crippen molar-refractivity contribution in [1.82, 2.24) is 5.16 Å². The molecule has 0 aliphatic carbocycles. The summed E-state index contributed by atoms with van der Waals surface area (Å²) in [5.74, 6) is 1.77. The molecule has 3 rings (SSSR count). The molecule has 0 aliphatic rings. The van der Waals surface area contributed by atoms with Crippen LogP contribution in [0.4, 0.5) is 0 Å². The van der Waals surface area contributed by atoms with Gasteiger partial charge < -0.3 is 14.0 Å². The maximum atomic E-state index is 12.2. The maximum Gasteiger partial charge on any atom is 0.296 e. The predicted molar refractivity (Wildman–Crippen MR) is 103 cm³/mol. The van der Waals surface area contributed by atoms with Crippen molar-refractivity contribution in [3.8, 4) is 22.8 Å². The molecule has 2 aromatic carbocycles. The van der Waals surface area contributed by atoms with Crippen LogP contribution in [0.25, 0.3) is 11.3 Å². The lowest BCUT2D eigenvalue weighted by Crippen LogP contribution is -2.09. The van der Waals surface area contributed by atoms with Gasteiger partial charge in [-0.25, -0.2) is 0 Å². The number of benzene rings is 2. The number of methoxy groups -OCH3 is 2. The molecule has 28 heavy (non-hydrogen) atoms. The molecule has 0 radical (unpaired) electrons. The first-order valence-corrected chi connectivity index (χ1v) is 9.98. The summed E-state index contributed by atoms with van der Waals surface area (Å²) in [6.07, 6.45) is 0.260. The number of aromatic nitrogens is 1. The smallest absolute Gasteiger partial charge is 0.296 e. The van der Waals surface area contributed by atoms with E-state index in [1.54, 1.807) is 44.6 Å². The molecule has 8 heteroatoms. The van der Waals surface area contributed by atoms with E-state index in [-0.39, 0.29) is 17.9 Å². The lowest BCUT2D eigenvalue weighted by Gasteiger charge is -2.07. The zero-order valence-corrected chi connectivity index (χ0v) is 16.7. The Morgan fingerprint density at radius 1 is 1.00 bits per heavy atom. The minimum Gasteiger partial charge on any atom is -0.497 e. The van der Waals surface area contributed by atoms with E-state index in [1.165, 1.54) is 12.1 Å². The van der Waals surface area contributed by atoms with Crippen molar-refractivity contribution >= 4 is 10.1 Å². The molecule has 1 heterocycles. The lowest BCUT2D eigenvalue weighted by molar-refractivity contribution is 0.298. The number of hydrogen-bond donors (Lipinski definition) is 0. The summed E-state index contributed by atoms with van der Waals surface area (Å²) in [6, 6.07) is 13.6. The van der Waals surface area contributed by atoms with E-state index in [0.717, 1.165) is 11.1 Å². The molecule has 0 aliphatic heterocycles. The zero-order valence-electron chi connectivity index (χ0n) is 15.8. The number of rotatable bonds is 8. The van der Waals surface area contributed by atoms with Crippen LogP contribution in [-0.2, 0) is 20.7 Å². The third kappa shape index (κ3) is 4.52. The molecule has 148 valence electrons. The van der Waals surface area contributed by atoms with Gasteiger partial charge in [-0.1, -0.05) is 22.9 Å². The lowest BCUT2D eigenvalue weighted by atomic mass is 10.1. The Hall–Kier alpha value is -2.84. The van der Waals surface area contributed by atoms with Crippen molar-refractivity contribution in [1.29, 1.82) is 0 Å². The Morgan fingerprint density at radius 3 is 2.43 bits per heavy atom. The monoisotopic (exact) mass is 403 g/mol. The molecule has 0 fully saturated rings. The van der Waals surface area contributed by atoms with Gasteiger partial charge in [0.05, 0.1) is 25.7 Å². The van der Waals surface area contributed by atoms with Gasteiger partial charge in [0.15, 0.2) is 0 Å². The van der Waals surface area contributed by atoms with Gasteiger partial charge in [-0.05, 0) is 31.2 Å². The normalized spacial score (nSPS) is 11.4. The van der Waals surface area contributed by atoms with Crippen LogP contribution < -0.4 is 9.47 Å². The van der Waals surface area contributed by atoms with Crippen LogP contribution >= 0.6 is 0 Å². The van der Waals surface area contributed by atoms with Crippen molar-refractivity contribution < 1.29 is 26.6 Å². The minimum absolute atomic E-state index is 0.0510. The quantitative estimate of drug-likeness (QED) is 0.531. The second-order valence-corrected chi connectivity index (χ2v) is 7.70. The van der Waals surface area contributed by atoms with E-state index in [0.29, 0.717) is 23.0 Å². The summed E-state index contributed by atoms with van der Waals surface area (Å²) in [4.78, 5) is 0.124. The van der Waals surface area contributed by atoms with Crippen LogP contribution in [0.15, 0.2) is 57.9 Å². The van der Waals surface area contributed by atoms with Crippen molar-refractivity contribution in [2.24, 2.45) is 0 Å². The highest BCUT2D eigenvalue weighted by molar-refractivity contribution is 7.86. The van der Waals surface area contributed by atoms with Crippen LogP contribution in [0.3, 0.4) is 0 Å². The van der Waals surface area contributed by atoms with Gasteiger partial charge in [0.25, 0.3) is 10.1 Å². The van der Waals surface area contributed by atoms with E-state index in [1.807, 2.05) is 13.0 Å². The topological polar surface area (TPSA) is 87.9 Å². The molecular formula is C20H21NO6S. The molecule has 0 saturated heterocycles. The largest absolute Gasteiger partial charge is 0.497 e. The van der Waals surface area contributed by atoms with Crippen LogP contribution in [0, 0.1) is 6.92 Å². The first-order valence-electron chi connectivity index (χ1n) is 8.57. The molecule has 7 nitrogen and oxygen atoms in total. The highest BCUT2D eigenvalue weighted by atomic mass is 32.2. The van der Waals surface area contributed by atoms with Gasteiger partial charge in [0, 0.05) is 24.1 Å². The molecule has 0 N–H and O–H groups in total. The zero-order chi connectivity index (χ0) is 20.1. The highest BCUT2D eigenvalue weighted by Gasteiger charge is 2.16. The fraction of sp³-hybridized carbons (Fsp3) is 0.250. The van der Waals surface area contributed by atoms with E-state index in [9.17, 15) is 8.42 Å².